The Kier molecular flexibility index (Phi) is 10.4. The van der Waals surface area contributed by atoms with E-state index in [1.165, 1.54) is 29.5 Å². The number of hydrogen-bond acceptors (Lipinski definition) is 6. The summed E-state index contributed by atoms with van der Waals surface area (Å²) in [6.45, 7) is 5.62. The van der Waals surface area contributed by atoms with Gasteiger partial charge in [-0.15, -0.1) is 0 Å². The van der Waals surface area contributed by atoms with E-state index < -0.39 is 23.5 Å². The van der Waals surface area contributed by atoms with Gasteiger partial charge in [-0.05, 0) is 42.7 Å². The van der Waals surface area contributed by atoms with E-state index in [1.807, 2.05) is 45.0 Å². The van der Waals surface area contributed by atoms with Crippen LogP contribution >= 0.6 is 0 Å². The van der Waals surface area contributed by atoms with Gasteiger partial charge >= 0.3 is 43.8 Å². The van der Waals surface area contributed by atoms with Gasteiger partial charge in [-0.1, -0.05) is 64.3 Å². The number of carbonyl (C=O) groups excluding carboxylic acids is 4. The predicted octanol–water partition coefficient (Wildman–Crippen LogP) is 2.96. The Bertz CT molecular complexity index is 1220. The van der Waals surface area contributed by atoms with Gasteiger partial charge < -0.3 is 30.3 Å². The Hall–Kier alpha value is -2.62. The molecular formula is C29H35CaN4O5+. The average molecular weight is 560 g/mol. The molecule has 2 N–H and O–H groups in total. The van der Waals surface area contributed by atoms with Gasteiger partial charge in [0.2, 0.25) is 0 Å². The molecule has 1 heterocycles. The first-order valence-corrected chi connectivity index (χ1v) is 13.1. The Morgan fingerprint density at radius 1 is 0.974 bits per heavy atom. The van der Waals surface area contributed by atoms with Gasteiger partial charge in [0.15, 0.2) is 5.78 Å². The van der Waals surface area contributed by atoms with Crippen molar-refractivity contribution in [2.75, 3.05) is 28.2 Å². The zero-order chi connectivity index (χ0) is 27.4. The summed E-state index contributed by atoms with van der Waals surface area (Å²) < 4.78 is 0. The molecule has 0 unspecified atom stereocenters. The van der Waals surface area contributed by atoms with Gasteiger partial charge in [0, 0.05) is 23.7 Å². The summed E-state index contributed by atoms with van der Waals surface area (Å²) in [4.78, 5) is 55.0. The minimum atomic E-state index is -1.35. The third-order valence-electron chi connectivity index (χ3n) is 7.24. The second-order valence-electron chi connectivity index (χ2n) is 11.0. The summed E-state index contributed by atoms with van der Waals surface area (Å²) >= 11 is 0. The van der Waals surface area contributed by atoms with Crippen molar-refractivity contribution in [2.45, 2.75) is 65.0 Å². The Morgan fingerprint density at radius 2 is 1.64 bits per heavy atom. The second kappa shape index (κ2) is 13.2. The van der Waals surface area contributed by atoms with E-state index in [2.05, 4.69) is 15.5 Å². The number of para-hydroxylation sites is 2. The van der Waals surface area contributed by atoms with Crippen molar-refractivity contribution in [3.63, 3.8) is 0 Å². The predicted molar refractivity (Wildman–Crippen MR) is 150 cm³/mol. The molecule has 2 aromatic rings. The number of anilines is 3. The first kappa shape index (κ1) is 30.9. The number of nitrogens with one attached hydrogen (secondary N) is 2. The molecular weight excluding hydrogens is 524 g/mol. The largest absolute Gasteiger partial charge is 2.00 e. The summed E-state index contributed by atoms with van der Waals surface area (Å²) in [5.74, 6) is -1.81. The van der Waals surface area contributed by atoms with Gasteiger partial charge in [0.1, 0.15) is 6.04 Å². The molecule has 39 heavy (non-hydrogen) atoms. The van der Waals surface area contributed by atoms with E-state index >= 15 is 0 Å². The van der Waals surface area contributed by atoms with Gasteiger partial charge in [-0.3, -0.25) is 9.59 Å². The number of urea groups is 1. The number of aromatic carboxylic acids is 1. The SMILES string of the molecule is CC(C)(C)C(=O)CN1C(=O)[C@H](NC(=O)Nc2cccc(C(=O)[O-])c2)CN(C2CCCCC2)c2ccccc21.[Ca+2]. The molecule has 202 valence electrons. The van der Waals surface area contributed by atoms with Crippen LogP contribution in [0.1, 0.15) is 63.2 Å². The fraction of sp³-hybridized carbons (Fsp3) is 0.448. The van der Waals surface area contributed by atoms with Crippen LogP contribution in [0.5, 0.6) is 0 Å². The van der Waals surface area contributed by atoms with E-state index in [-0.39, 0.29) is 79.8 Å². The van der Waals surface area contributed by atoms with Crippen LogP contribution in [-0.4, -0.2) is 86.6 Å². The number of Topliss-reactive ketones (excluding diaryl/α,β-unsaturated/α-hetero) is 1. The molecule has 3 amide bonds. The Labute approximate surface area is 259 Å². The molecule has 0 radical (unpaired) electrons. The molecule has 0 aromatic heterocycles. The molecule has 1 aliphatic heterocycles. The number of carboxylic acids is 1. The first-order valence-electron chi connectivity index (χ1n) is 13.1. The topological polar surface area (TPSA) is 122 Å². The van der Waals surface area contributed by atoms with E-state index in [0.717, 1.165) is 31.4 Å². The van der Waals surface area contributed by atoms with E-state index in [0.29, 0.717) is 5.69 Å². The molecule has 1 atom stereocenters. The third kappa shape index (κ3) is 7.52. The van der Waals surface area contributed by atoms with Crippen molar-refractivity contribution in [3.05, 3.63) is 54.1 Å². The van der Waals surface area contributed by atoms with Crippen molar-refractivity contribution in [1.82, 2.24) is 5.32 Å². The maximum Gasteiger partial charge on any atom is 2.00 e. The second-order valence-corrected chi connectivity index (χ2v) is 11.0. The Balaban J connectivity index is 0.00000420. The number of carboxylic acid groups (broad SMARTS) is 1. The molecule has 2 aliphatic rings. The molecule has 2 aromatic carbocycles. The van der Waals surface area contributed by atoms with Gasteiger partial charge in [0.05, 0.1) is 23.9 Å². The molecule has 1 saturated carbocycles. The average Bonchev–Trinajstić information content (AvgIpc) is 2.99. The summed E-state index contributed by atoms with van der Waals surface area (Å²) in [7, 11) is 0. The van der Waals surface area contributed by atoms with Crippen LogP contribution in [0.4, 0.5) is 21.9 Å². The molecule has 4 rings (SSSR count). The molecule has 0 saturated heterocycles. The number of fused-ring (bicyclic) bond motifs is 1. The maximum atomic E-state index is 13.9. The fourth-order valence-corrected chi connectivity index (χ4v) is 5.05. The monoisotopic (exact) mass is 559 g/mol. The quantitative estimate of drug-likeness (QED) is 0.525. The van der Waals surface area contributed by atoms with E-state index in [4.69, 9.17) is 0 Å². The van der Waals surface area contributed by atoms with Gasteiger partial charge in [0.25, 0.3) is 5.91 Å². The minimum Gasteiger partial charge on any atom is -0.545 e. The number of carbonyl (C=O) groups is 4. The molecule has 9 nitrogen and oxygen atoms in total. The molecule has 1 aliphatic carbocycles. The molecule has 0 spiro atoms. The number of hydrogen-bond donors (Lipinski definition) is 2. The van der Waals surface area contributed by atoms with Gasteiger partial charge in [-0.25, -0.2) is 4.79 Å². The maximum absolute atomic E-state index is 13.9. The number of nitrogens with zero attached hydrogens (tertiary/aromatic N) is 2. The fourth-order valence-electron chi connectivity index (χ4n) is 5.05. The molecule has 10 heteroatoms. The number of ketones is 1. The summed E-state index contributed by atoms with van der Waals surface area (Å²) in [6.07, 6.45) is 5.33. The van der Waals surface area contributed by atoms with Crippen LogP contribution in [0.15, 0.2) is 48.5 Å². The smallest absolute Gasteiger partial charge is 0.545 e. The summed E-state index contributed by atoms with van der Waals surface area (Å²) in [5.41, 5.74) is 1.08. The summed E-state index contributed by atoms with van der Waals surface area (Å²) in [5, 5.41) is 16.6. The van der Waals surface area contributed by atoms with Crippen molar-refractivity contribution in [1.29, 1.82) is 0 Å². The van der Waals surface area contributed by atoms with Crippen LogP contribution < -0.4 is 25.5 Å². The van der Waals surface area contributed by atoms with Crippen LogP contribution in [-0.2, 0) is 9.59 Å². The van der Waals surface area contributed by atoms with Crippen molar-refractivity contribution in [2.24, 2.45) is 5.41 Å². The van der Waals surface area contributed by atoms with Crippen LogP contribution in [0.25, 0.3) is 0 Å². The zero-order valence-electron chi connectivity index (χ0n) is 22.9. The van der Waals surface area contributed by atoms with E-state index in [9.17, 15) is 24.3 Å². The van der Waals surface area contributed by atoms with Crippen LogP contribution in [0.2, 0.25) is 0 Å². The molecule has 0 bridgehead atoms. The van der Waals surface area contributed by atoms with E-state index in [1.54, 1.807) is 6.07 Å². The minimum absolute atomic E-state index is 0. The number of rotatable bonds is 6. The molecule has 1 fully saturated rings. The first-order chi connectivity index (χ1) is 18.0. The van der Waals surface area contributed by atoms with Gasteiger partial charge in [-0.2, -0.15) is 0 Å². The normalized spacial score (nSPS) is 17.9. The van der Waals surface area contributed by atoms with Crippen molar-refractivity contribution in [3.8, 4) is 0 Å². The van der Waals surface area contributed by atoms with Crippen molar-refractivity contribution >= 4 is 78.5 Å². The zero-order valence-corrected chi connectivity index (χ0v) is 25.1. The number of amides is 3. The van der Waals surface area contributed by atoms with Crippen LogP contribution in [0.3, 0.4) is 0 Å². The van der Waals surface area contributed by atoms with Crippen LogP contribution in [0, 0.1) is 5.41 Å². The standard InChI is InChI=1S/C29H36N4O5.Ca/c1-29(2,3)25(34)18-33-24-15-8-7-14-23(24)32(21-12-5-4-6-13-21)17-22(26(33)35)31-28(38)30-20-11-9-10-19(16-20)27(36)37;/h7-11,14-16,21-22H,4-6,12-13,17-18H2,1-3H3,(H,36,37)(H2,30,31,38);/q;+2/p-1/t22-;/m1./s1. The van der Waals surface area contributed by atoms with Crippen molar-refractivity contribution < 1.29 is 24.3 Å². The Morgan fingerprint density at radius 3 is 2.28 bits per heavy atom. The third-order valence-corrected chi connectivity index (χ3v) is 7.24. The summed E-state index contributed by atoms with van der Waals surface area (Å²) in [6, 6.07) is 12.0. The number of benzene rings is 2.